The number of nitrogens with zero attached hydrogens (tertiary/aromatic N) is 2. The molecule has 0 saturated carbocycles. The molecule has 3 N–H and O–H groups in total. The minimum Gasteiger partial charge on any atom is -0.399 e. The Kier molecular flexibility index (Phi) is 4.35. The van der Waals surface area contributed by atoms with E-state index in [0.717, 1.165) is 17.8 Å². The zero-order valence-electron chi connectivity index (χ0n) is 14.5. The molecule has 0 aliphatic heterocycles. The van der Waals surface area contributed by atoms with E-state index < -0.39 is 11.7 Å². The smallest absolute Gasteiger partial charge is 0.399 e. The van der Waals surface area contributed by atoms with Gasteiger partial charge in [0.05, 0.1) is 11.1 Å². The molecule has 0 unspecified atom stereocenters. The first-order valence-electron chi connectivity index (χ1n) is 8.47. The first-order chi connectivity index (χ1) is 13.4. The van der Waals surface area contributed by atoms with Gasteiger partial charge >= 0.3 is 6.18 Å². The van der Waals surface area contributed by atoms with Crippen LogP contribution in [0.15, 0.2) is 72.8 Å². The van der Waals surface area contributed by atoms with Crippen LogP contribution in [0.25, 0.3) is 22.3 Å². The van der Waals surface area contributed by atoms with Gasteiger partial charge in [-0.25, -0.2) is 9.97 Å². The topological polar surface area (TPSA) is 63.8 Å². The Morgan fingerprint density at radius 2 is 1.61 bits per heavy atom. The van der Waals surface area contributed by atoms with Gasteiger partial charge in [0.15, 0.2) is 5.82 Å². The Labute approximate surface area is 158 Å². The molecule has 4 nitrogen and oxygen atoms in total. The number of hydrogen-bond donors (Lipinski definition) is 2. The molecule has 0 spiro atoms. The second kappa shape index (κ2) is 6.84. The highest BCUT2D eigenvalue weighted by Crippen LogP contribution is 2.33. The van der Waals surface area contributed by atoms with Crippen LogP contribution in [-0.2, 0) is 6.18 Å². The summed E-state index contributed by atoms with van der Waals surface area (Å²) >= 11 is 0. The van der Waals surface area contributed by atoms with Crippen molar-refractivity contribution in [3.05, 3.63) is 78.4 Å². The van der Waals surface area contributed by atoms with E-state index in [-0.39, 0.29) is 11.4 Å². The third kappa shape index (κ3) is 3.59. The van der Waals surface area contributed by atoms with Crippen LogP contribution in [0.4, 0.5) is 30.4 Å². The normalized spacial score (nSPS) is 11.5. The Morgan fingerprint density at radius 1 is 0.821 bits per heavy atom. The molecule has 0 bridgehead atoms. The van der Waals surface area contributed by atoms with Gasteiger partial charge in [-0.05, 0) is 42.5 Å². The summed E-state index contributed by atoms with van der Waals surface area (Å²) < 4.78 is 39.2. The number of rotatable bonds is 3. The quantitative estimate of drug-likeness (QED) is 0.452. The minimum absolute atomic E-state index is 0.196. The predicted molar refractivity (Wildman–Crippen MR) is 104 cm³/mol. The van der Waals surface area contributed by atoms with Gasteiger partial charge in [-0.3, -0.25) is 0 Å². The maximum absolute atomic E-state index is 13.1. The Bertz CT molecular complexity index is 1140. The Morgan fingerprint density at radius 3 is 2.36 bits per heavy atom. The van der Waals surface area contributed by atoms with Crippen LogP contribution in [-0.4, -0.2) is 9.97 Å². The summed E-state index contributed by atoms with van der Waals surface area (Å²) in [7, 11) is 0. The molecule has 0 amide bonds. The molecule has 7 heteroatoms. The van der Waals surface area contributed by atoms with Gasteiger partial charge in [-0.1, -0.05) is 30.3 Å². The number of halogens is 3. The fourth-order valence-corrected chi connectivity index (χ4v) is 2.86. The lowest BCUT2D eigenvalue weighted by Crippen LogP contribution is -2.05. The van der Waals surface area contributed by atoms with E-state index in [1.165, 1.54) is 6.07 Å². The van der Waals surface area contributed by atoms with Crippen molar-refractivity contribution in [2.24, 2.45) is 0 Å². The number of benzene rings is 3. The number of para-hydroxylation sites is 1. The lowest BCUT2D eigenvalue weighted by atomic mass is 10.1. The van der Waals surface area contributed by atoms with E-state index in [1.54, 1.807) is 24.3 Å². The number of alkyl halides is 3. The summed E-state index contributed by atoms with van der Waals surface area (Å²) in [6.45, 7) is 0. The molecule has 1 aromatic heterocycles. The van der Waals surface area contributed by atoms with Crippen LogP contribution in [0.2, 0.25) is 0 Å². The van der Waals surface area contributed by atoms with Crippen molar-refractivity contribution in [1.82, 2.24) is 9.97 Å². The summed E-state index contributed by atoms with van der Waals surface area (Å²) in [6.07, 6.45) is -4.44. The summed E-state index contributed by atoms with van der Waals surface area (Å²) in [4.78, 5) is 8.92. The summed E-state index contributed by atoms with van der Waals surface area (Å²) in [5.74, 6) is 0.665. The highest BCUT2D eigenvalue weighted by molar-refractivity contribution is 5.94. The molecule has 4 aromatic rings. The monoisotopic (exact) mass is 380 g/mol. The Hall–Kier alpha value is -3.61. The summed E-state index contributed by atoms with van der Waals surface area (Å²) in [5, 5.41) is 3.88. The molecule has 0 radical (unpaired) electrons. The number of nitrogen functional groups attached to an aromatic ring is 1. The summed E-state index contributed by atoms with van der Waals surface area (Å²) in [6, 6.07) is 19.5. The Balaban J connectivity index is 1.87. The van der Waals surface area contributed by atoms with E-state index in [0.29, 0.717) is 22.4 Å². The maximum Gasteiger partial charge on any atom is 0.416 e. The van der Waals surface area contributed by atoms with Crippen LogP contribution in [0.1, 0.15) is 5.56 Å². The number of hydrogen-bond acceptors (Lipinski definition) is 4. The fourth-order valence-electron chi connectivity index (χ4n) is 2.86. The number of aromatic nitrogens is 2. The summed E-state index contributed by atoms with van der Waals surface area (Å²) in [5.41, 5.74) is 7.34. The molecule has 28 heavy (non-hydrogen) atoms. The molecule has 0 fully saturated rings. The molecule has 0 aliphatic carbocycles. The zero-order chi connectivity index (χ0) is 19.7. The molecule has 3 aromatic carbocycles. The van der Waals surface area contributed by atoms with Crippen molar-refractivity contribution in [1.29, 1.82) is 0 Å². The molecule has 0 atom stereocenters. The van der Waals surface area contributed by atoms with Crippen molar-refractivity contribution >= 4 is 28.1 Å². The van der Waals surface area contributed by atoms with Crippen molar-refractivity contribution < 1.29 is 13.2 Å². The van der Waals surface area contributed by atoms with Gasteiger partial charge < -0.3 is 11.1 Å². The van der Waals surface area contributed by atoms with E-state index in [9.17, 15) is 13.2 Å². The standard InChI is InChI=1S/C21H15F3N4/c22-21(23,24)14-6-4-5-13(11-14)19-27-18-10-9-15(25)12-17(18)20(28-19)26-16-7-2-1-3-8-16/h1-12H,25H2,(H,26,27,28). The fraction of sp³-hybridized carbons (Fsp3) is 0.0476. The first-order valence-corrected chi connectivity index (χ1v) is 8.47. The number of nitrogens with one attached hydrogen (secondary N) is 1. The lowest BCUT2D eigenvalue weighted by molar-refractivity contribution is -0.137. The van der Waals surface area contributed by atoms with Gasteiger partial charge in [0.1, 0.15) is 5.82 Å². The van der Waals surface area contributed by atoms with Gasteiger partial charge in [-0.2, -0.15) is 13.2 Å². The van der Waals surface area contributed by atoms with Gasteiger partial charge in [-0.15, -0.1) is 0 Å². The van der Waals surface area contributed by atoms with E-state index in [2.05, 4.69) is 15.3 Å². The number of fused-ring (bicyclic) bond motifs is 1. The van der Waals surface area contributed by atoms with E-state index >= 15 is 0 Å². The molecule has 0 saturated heterocycles. The van der Waals surface area contributed by atoms with E-state index in [1.807, 2.05) is 30.3 Å². The average Bonchev–Trinajstić information content (AvgIpc) is 2.68. The van der Waals surface area contributed by atoms with Crippen LogP contribution in [0, 0.1) is 0 Å². The SMILES string of the molecule is Nc1ccc2nc(-c3cccc(C(F)(F)F)c3)nc(Nc3ccccc3)c2c1. The lowest BCUT2D eigenvalue weighted by Gasteiger charge is -2.13. The van der Waals surface area contributed by atoms with E-state index in [4.69, 9.17) is 5.73 Å². The second-order valence-corrected chi connectivity index (χ2v) is 6.24. The van der Waals surface area contributed by atoms with Crippen LogP contribution in [0.3, 0.4) is 0 Å². The highest BCUT2D eigenvalue weighted by atomic mass is 19.4. The molecular formula is C21H15F3N4. The van der Waals surface area contributed by atoms with Gasteiger partial charge in [0.25, 0.3) is 0 Å². The predicted octanol–water partition coefficient (Wildman–Crippen LogP) is 5.64. The van der Waals surface area contributed by atoms with Crippen LogP contribution < -0.4 is 11.1 Å². The zero-order valence-corrected chi connectivity index (χ0v) is 14.5. The van der Waals surface area contributed by atoms with Crippen molar-refractivity contribution in [3.8, 4) is 11.4 Å². The molecule has 4 rings (SSSR count). The molecular weight excluding hydrogens is 365 g/mol. The number of anilines is 3. The largest absolute Gasteiger partial charge is 0.416 e. The third-order valence-corrected chi connectivity index (χ3v) is 4.20. The number of nitrogens with two attached hydrogens (primary N) is 1. The highest BCUT2D eigenvalue weighted by Gasteiger charge is 2.30. The third-order valence-electron chi connectivity index (χ3n) is 4.20. The first kappa shape index (κ1) is 17.8. The van der Waals surface area contributed by atoms with Crippen LogP contribution in [0.5, 0.6) is 0 Å². The molecule has 1 heterocycles. The molecule has 0 aliphatic rings. The van der Waals surface area contributed by atoms with Gasteiger partial charge in [0.2, 0.25) is 0 Å². The van der Waals surface area contributed by atoms with Crippen LogP contribution >= 0.6 is 0 Å². The minimum atomic E-state index is -4.44. The van der Waals surface area contributed by atoms with Crippen molar-refractivity contribution in [2.45, 2.75) is 6.18 Å². The molecule has 140 valence electrons. The van der Waals surface area contributed by atoms with Gasteiger partial charge in [0, 0.05) is 22.3 Å². The van der Waals surface area contributed by atoms with Crippen molar-refractivity contribution in [3.63, 3.8) is 0 Å². The maximum atomic E-state index is 13.1. The average molecular weight is 380 g/mol. The second-order valence-electron chi connectivity index (χ2n) is 6.24. The van der Waals surface area contributed by atoms with Crippen molar-refractivity contribution in [2.75, 3.05) is 11.1 Å².